The van der Waals surface area contributed by atoms with Crippen LogP contribution in [0.1, 0.15) is 43.9 Å². The molecule has 0 spiro atoms. The van der Waals surface area contributed by atoms with Crippen molar-refractivity contribution in [1.82, 2.24) is 14.1 Å². The molecule has 2 aliphatic rings. The summed E-state index contributed by atoms with van der Waals surface area (Å²) in [5.41, 5.74) is 6.48. The highest BCUT2D eigenvalue weighted by Gasteiger charge is 2.34. The van der Waals surface area contributed by atoms with E-state index in [-0.39, 0.29) is 11.6 Å². The molecule has 1 saturated carbocycles. The van der Waals surface area contributed by atoms with E-state index in [1.165, 1.54) is 0 Å². The Morgan fingerprint density at radius 1 is 1.12 bits per heavy atom. The number of hydrogen-bond donors (Lipinski definition) is 1. The zero-order chi connectivity index (χ0) is 22.4. The van der Waals surface area contributed by atoms with Crippen LogP contribution in [0.25, 0.3) is 33.1 Å². The molecule has 7 heteroatoms. The number of anilines is 1. The van der Waals surface area contributed by atoms with Gasteiger partial charge in [-0.2, -0.15) is 0 Å². The standard InChI is InChI=1S/C25H24N4O3/c1-13-16(14-5-10-19-18(11-14)25(2,3)32-24(31)27-19)8-9-17-21(13)29(15-6-7-15)23(30)20-22(17)28(4)12-26-20/h5,8-12,15H,6-7H2,1-4H3,(H,27,31). The molecule has 6 rings (SSSR count). The molecule has 1 fully saturated rings. The maximum atomic E-state index is 13.4. The number of amides is 1. The number of hydrogen-bond acceptors (Lipinski definition) is 4. The van der Waals surface area contributed by atoms with E-state index in [0.717, 1.165) is 57.2 Å². The van der Waals surface area contributed by atoms with Crippen LogP contribution in [-0.2, 0) is 17.4 Å². The van der Waals surface area contributed by atoms with Crippen LogP contribution >= 0.6 is 0 Å². The molecule has 0 bridgehead atoms. The molecule has 2 aromatic heterocycles. The number of cyclic esters (lactones) is 1. The van der Waals surface area contributed by atoms with Crippen molar-refractivity contribution in [2.45, 2.75) is 45.3 Å². The summed E-state index contributed by atoms with van der Waals surface area (Å²) < 4.78 is 9.39. The molecule has 1 N–H and O–H groups in total. The van der Waals surface area contributed by atoms with Crippen molar-refractivity contribution in [3.05, 3.63) is 58.1 Å². The summed E-state index contributed by atoms with van der Waals surface area (Å²) in [6.45, 7) is 5.87. The fraction of sp³-hybridized carbons (Fsp3) is 0.320. The Kier molecular flexibility index (Phi) is 3.71. The lowest BCUT2D eigenvalue weighted by atomic mass is 9.89. The third kappa shape index (κ3) is 2.57. The molecule has 1 aliphatic heterocycles. The molecule has 1 aliphatic carbocycles. The summed E-state index contributed by atoms with van der Waals surface area (Å²) in [4.78, 5) is 29.7. The number of carbonyl (C=O) groups is 1. The van der Waals surface area contributed by atoms with E-state index in [2.05, 4.69) is 35.4 Å². The smallest absolute Gasteiger partial charge is 0.412 e. The number of pyridine rings is 1. The van der Waals surface area contributed by atoms with Crippen molar-refractivity contribution in [2.24, 2.45) is 7.05 Å². The average Bonchev–Trinajstić information content (AvgIpc) is 3.49. The third-order valence-electron chi connectivity index (χ3n) is 6.76. The molecule has 0 atom stereocenters. The van der Waals surface area contributed by atoms with Gasteiger partial charge in [-0.15, -0.1) is 0 Å². The molecule has 7 nitrogen and oxygen atoms in total. The van der Waals surface area contributed by atoms with E-state index >= 15 is 0 Å². The summed E-state index contributed by atoms with van der Waals surface area (Å²) in [5.74, 6) is 0. The SMILES string of the molecule is Cc1c(-c2ccc3c(c2)C(C)(C)OC(=O)N3)ccc2c3c(ncn3C)c(=O)n(C3CC3)c12. The highest BCUT2D eigenvalue weighted by molar-refractivity contribution is 6.05. The van der Waals surface area contributed by atoms with Crippen molar-refractivity contribution >= 4 is 33.7 Å². The topological polar surface area (TPSA) is 78.2 Å². The van der Waals surface area contributed by atoms with Gasteiger partial charge in [0.2, 0.25) is 0 Å². The molecule has 32 heavy (non-hydrogen) atoms. The lowest BCUT2D eigenvalue weighted by molar-refractivity contribution is 0.0421. The largest absolute Gasteiger partial charge is 0.438 e. The minimum Gasteiger partial charge on any atom is -0.438 e. The summed E-state index contributed by atoms with van der Waals surface area (Å²) in [6.07, 6.45) is 3.30. The predicted octanol–water partition coefficient (Wildman–Crippen LogP) is 5.00. The minimum absolute atomic E-state index is 0.0152. The molecule has 4 aromatic rings. The van der Waals surface area contributed by atoms with Gasteiger partial charge in [-0.25, -0.2) is 9.78 Å². The first-order valence-corrected chi connectivity index (χ1v) is 10.9. The Bertz CT molecular complexity index is 1520. The van der Waals surface area contributed by atoms with E-state index < -0.39 is 11.7 Å². The van der Waals surface area contributed by atoms with Crippen molar-refractivity contribution in [2.75, 3.05) is 5.32 Å². The van der Waals surface area contributed by atoms with Gasteiger partial charge >= 0.3 is 6.09 Å². The molecule has 162 valence electrons. The number of nitrogens with zero attached hydrogens (tertiary/aromatic N) is 3. The van der Waals surface area contributed by atoms with E-state index in [4.69, 9.17) is 4.74 Å². The van der Waals surface area contributed by atoms with E-state index in [1.54, 1.807) is 6.33 Å². The monoisotopic (exact) mass is 428 g/mol. The van der Waals surface area contributed by atoms with Crippen molar-refractivity contribution in [3.8, 4) is 11.1 Å². The lowest BCUT2D eigenvalue weighted by Gasteiger charge is -2.33. The number of aryl methyl sites for hydroxylation is 2. The van der Waals surface area contributed by atoms with Gasteiger partial charge in [0, 0.05) is 24.0 Å². The fourth-order valence-corrected chi connectivity index (χ4v) is 5.06. The summed E-state index contributed by atoms with van der Waals surface area (Å²) in [7, 11) is 1.93. The number of benzene rings is 2. The Hall–Kier alpha value is -3.61. The average molecular weight is 428 g/mol. The van der Waals surface area contributed by atoms with Crippen LogP contribution in [0.2, 0.25) is 0 Å². The molecule has 1 amide bonds. The van der Waals surface area contributed by atoms with Gasteiger partial charge in [0.05, 0.1) is 23.0 Å². The zero-order valence-corrected chi connectivity index (χ0v) is 18.5. The molecule has 0 radical (unpaired) electrons. The second-order valence-electron chi connectivity index (χ2n) is 9.38. The van der Waals surface area contributed by atoms with Gasteiger partial charge in [0.1, 0.15) is 5.60 Å². The maximum Gasteiger partial charge on any atom is 0.412 e. The summed E-state index contributed by atoms with van der Waals surface area (Å²) >= 11 is 0. The van der Waals surface area contributed by atoms with Crippen LogP contribution in [0.4, 0.5) is 10.5 Å². The highest BCUT2D eigenvalue weighted by atomic mass is 16.6. The Morgan fingerprint density at radius 2 is 1.91 bits per heavy atom. The Balaban J connectivity index is 1.64. The van der Waals surface area contributed by atoms with Gasteiger partial charge in [-0.1, -0.05) is 18.2 Å². The van der Waals surface area contributed by atoms with Gasteiger partial charge < -0.3 is 13.9 Å². The summed E-state index contributed by atoms with van der Waals surface area (Å²) in [5, 5.41) is 3.83. The molecule has 3 heterocycles. The van der Waals surface area contributed by atoms with Crippen LogP contribution in [0.3, 0.4) is 0 Å². The van der Waals surface area contributed by atoms with Crippen molar-refractivity contribution in [1.29, 1.82) is 0 Å². The van der Waals surface area contributed by atoms with Crippen LogP contribution in [0, 0.1) is 6.92 Å². The first-order chi connectivity index (χ1) is 15.3. The molecule has 0 unspecified atom stereocenters. The van der Waals surface area contributed by atoms with Crippen LogP contribution in [-0.4, -0.2) is 20.2 Å². The lowest BCUT2D eigenvalue weighted by Crippen LogP contribution is -2.34. The highest BCUT2D eigenvalue weighted by Crippen LogP contribution is 2.42. The molecular formula is C25H24N4O3. The van der Waals surface area contributed by atoms with E-state index in [0.29, 0.717) is 5.52 Å². The number of imidazole rings is 1. The number of ether oxygens (including phenoxy) is 1. The Labute approximate surface area is 184 Å². The van der Waals surface area contributed by atoms with Gasteiger partial charge in [0.25, 0.3) is 5.56 Å². The number of rotatable bonds is 2. The van der Waals surface area contributed by atoms with Crippen LogP contribution < -0.4 is 10.9 Å². The third-order valence-corrected chi connectivity index (χ3v) is 6.76. The van der Waals surface area contributed by atoms with Crippen molar-refractivity contribution in [3.63, 3.8) is 0 Å². The number of nitrogens with one attached hydrogen (secondary N) is 1. The van der Waals surface area contributed by atoms with E-state index in [1.807, 2.05) is 42.2 Å². The maximum absolute atomic E-state index is 13.4. The molecule has 0 saturated heterocycles. The predicted molar refractivity (Wildman–Crippen MR) is 124 cm³/mol. The number of carbonyl (C=O) groups excluding carboxylic acids is 1. The minimum atomic E-state index is -0.727. The first-order valence-electron chi connectivity index (χ1n) is 10.9. The second-order valence-corrected chi connectivity index (χ2v) is 9.38. The summed E-state index contributed by atoms with van der Waals surface area (Å²) in [6, 6.07) is 10.5. The molecule has 2 aromatic carbocycles. The van der Waals surface area contributed by atoms with Gasteiger partial charge in [-0.3, -0.25) is 10.1 Å². The number of fused-ring (bicyclic) bond motifs is 4. The fourth-order valence-electron chi connectivity index (χ4n) is 5.06. The van der Waals surface area contributed by atoms with Crippen LogP contribution in [0.15, 0.2) is 41.5 Å². The zero-order valence-electron chi connectivity index (χ0n) is 18.5. The van der Waals surface area contributed by atoms with Crippen LogP contribution in [0.5, 0.6) is 0 Å². The van der Waals surface area contributed by atoms with Gasteiger partial charge in [-0.05, 0) is 62.4 Å². The first kappa shape index (κ1) is 19.1. The van der Waals surface area contributed by atoms with Gasteiger partial charge in [0.15, 0.2) is 5.52 Å². The van der Waals surface area contributed by atoms with E-state index in [9.17, 15) is 9.59 Å². The second kappa shape index (κ2) is 6.22. The number of aromatic nitrogens is 3. The Morgan fingerprint density at radius 3 is 2.66 bits per heavy atom. The molecular weight excluding hydrogens is 404 g/mol. The normalized spacial score (nSPS) is 17.3. The van der Waals surface area contributed by atoms with Crippen molar-refractivity contribution < 1.29 is 9.53 Å². The quantitative estimate of drug-likeness (QED) is 0.488.